The minimum atomic E-state index is -4.65. The van der Waals surface area contributed by atoms with Crippen LogP contribution in [0.3, 0.4) is 0 Å². The standard InChI is InChI=1S/C17H24F3NO3/c1-3-4-10-14(17(18,19)20)15(22)21-16(23,11-12-24-2)13-8-6-5-7-9-13/h5-9,14,23H,3-4,10-12H2,1-2H3,(H,21,22). The van der Waals surface area contributed by atoms with Gasteiger partial charge < -0.3 is 15.2 Å². The molecule has 0 bridgehead atoms. The molecule has 0 aromatic heterocycles. The lowest BCUT2D eigenvalue weighted by molar-refractivity contribution is -0.188. The molecule has 2 atom stereocenters. The molecule has 0 saturated carbocycles. The van der Waals surface area contributed by atoms with Crippen LogP contribution in [0.1, 0.15) is 38.2 Å². The smallest absolute Gasteiger partial charge is 0.384 e. The highest BCUT2D eigenvalue weighted by Gasteiger charge is 2.46. The Bertz CT molecular complexity index is 508. The number of hydrogen-bond donors (Lipinski definition) is 2. The number of halogens is 3. The maximum Gasteiger partial charge on any atom is 0.400 e. The van der Waals surface area contributed by atoms with E-state index in [1.54, 1.807) is 37.3 Å². The molecule has 0 aliphatic carbocycles. The van der Waals surface area contributed by atoms with Crippen LogP contribution in [-0.2, 0) is 15.3 Å². The van der Waals surface area contributed by atoms with Gasteiger partial charge in [-0.2, -0.15) is 13.2 Å². The molecule has 2 N–H and O–H groups in total. The van der Waals surface area contributed by atoms with E-state index in [1.165, 1.54) is 7.11 Å². The zero-order valence-electron chi connectivity index (χ0n) is 13.9. The third kappa shape index (κ3) is 5.79. The van der Waals surface area contributed by atoms with Gasteiger partial charge in [-0.1, -0.05) is 50.1 Å². The van der Waals surface area contributed by atoms with E-state index in [2.05, 4.69) is 5.32 Å². The third-order valence-electron chi connectivity index (χ3n) is 3.81. The zero-order chi connectivity index (χ0) is 18.2. The van der Waals surface area contributed by atoms with Gasteiger partial charge in [0.15, 0.2) is 5.72 Å². The maximum atomic E-state index is 13.2. The summed E-state index contributed by atoms with van der Waals surface area (Å²) in [6.07, 6.45) is -4.19. The van der Waals surface area contributed by atoms with Crippen molar-refractivity contribution >= 4 is 5.91 Å². The number of benzene rings is 1. The van der Waals surface area contributed by atoms with Crippen LogP contribution < -0.4 is 5.32 Å². The van der Waals surface area contributed by atoms with Crippen LogP contribution >= 0.6 is 0 Å². The molecule has 1 rings (SSSR count). The summed E-state index contributed by atoms with van der Waals surface area (Å²) < 4.78 is 44.4. The average Bonchev–Trinajstić information content (AvgIpc) is 2.53. The van der Waals surface area contributed by atoms with Gasteiger partial charge in [-0.15, -0.1) is 0 Å². The Labute approximate surface area is 140 Å². The molecule has 136 valence electrons. The molecule has 0 fully saturated rings. The monoisotopic (exact) mass is 347 g/mol. The average molecular weight is 347 g/mol. The van der Waals surface area contributed by atoms with Gasteiger partial charge in [0.1, 0.15) is 5.92 Å². The third-order valence-corrected chi connectivity index (χ3v) is 3.81. The van der Waals surface area contributed by atoms with Gasteiger partial charge in [-0.3, -0.25) is 4.79 Å². The van der Waals surface area contributed by atoms with Crippen LogP contribution in [-0.4, -0.2) is 30.9 Å². The first-order valence-electron chi connectivity index (χ1n) is 7.90. The van der Waals surface area contributed by atoms with Gasteiger partial charge in [-0.05, 0) is 6.42 Å². The number of carbonyl (C=O) groups is 1. The summed E-state index contributed by atoms with van der Waals surface area (Å²) in [6.45, 7) is 1.83. The molecule has 24 heavy (non-hydrogen) atoms. The molecule has 0 aliphatic rings. The number of amides is 1. The number of rotatable bonds is 9. The summed E-state index contributed by atoms with van der Waals surface area (Å²) in [5, 5.41) is 12.9. The topological polar surface area (TPSA) is 58.6 Å². The quantitative estimate of drug-likeness (QED) is 0.674. The van der Waals surface area contributed by atoms with E-state index in [0.717, 1.165) is 0 Å². The maximum absolute atomic E-state index is 13.2. The molecule has 7 heteroatoms. The molecular weight excluding hydrogens is 323 g/mol. The van der Waals surface area contributed by atoms with E-state index >= 15 is 0 Å². The van der Waals surface area contributed by atoms with Crippen LogP contribution in [0.4, 0.5) is 13.2 Å². The van der Waals surface area contributed by atoms with Crippen LogP contribution in [0, 0.1) is 5.92 Å². The predicted octanol–water partition coefficient (Wildman–Crippen LogP) is 3.35. The largest absolute Gasteiger partial charge is 0.400 e. The summed E-state index contributed by atoms with van der Waals surface area (Å²) >= 11 is 0. The highest BCUT2D eigenvalue weighted by Crippen LogP contribution is 2.32. The first-order valence-corrected chi connectivity index (χ1v) is 7.90. The summed E-state index contributed by atoms with van der Waals surface area (Å²) in [4.78, 5) is 12.2. The molecule has 1 aromatic rings. The molecule has 0 spiro atoms. The Hall–Kier alpha value is -1.60. The van der Waals surface area contributed by atoms with Gasteiger partial charge in [-0.25, -0.2) is 0 Å². The van der Waals surface area contributed by atoms with E-state index < -0.39 is 23.7 Å². The molecule has 0 heterocycles. The molecule has 2 unspecified atom stereocenters. The van der Waals surface area contributed by atoms with E-state index in [9.17, 15) is 23.1 Å². The first kappa shape index (κ1) is 20.4. The van der Waals surface area contributed by atoms with Gasteiger partial charge >= 0.3 is 6.18 Å². The second kappa shape index (κ2) is 9.03. The molecule has 0 saturated heterocycles. The highest BCUT2D eigenvalue weighted by molar-refractivity contribution is 5.80. The van der Waals surface area contributed by atoms with Crippen LogP contribution in [0.5, 0.6) is 0 Å². The minimum Gasteiger partial charge on any atom is -0.384 e. The van der Waals surface area contributed by atoms with E-state index in [1.807, 2.05) is 0 Å². The number of ether oxygens (including phenoxy) is 1. The van der Waals surface area contributed by atoms with E-state index in [-0.39, 0.29) is 25.9 Å². The summed E-state index contributed by atoms with van der Waals surface area (Å²) in [5.41, 5.74) is -1.60. The van der Waals surface area contributed by atoms with Gasteiger partial charge in [0.05, 0.1) is 6.61 Å². The van der Waals surface area contributed by atoms with Gasteiger partial charge in [0.25, 0.3) is 0 Å². The SMILES string of the molecule is CCCCC(C(=O)NC(O)(CCOC)c1ccccc1)C(F)(F)F. The Morgan fingerprint density at radius 1 is 1.29 bits per heavy atom. The van der Waals surface area contributed by atoms with Crippen molar-refractivity contribution in [2.75, 3.05) is 13.7 Å². The first-order chi connectivity index (χ1) is 11.2. The number of alkyl halides is 3. The van der Waals surface area contributed by atoms with Crippen molar-refractivity contribution in [2.45, 2.75) is 44.5 Å². The number of unbranched alkanes of at least 4 members (excludes halogenated alkanes) is 1. The van der Waals surface area contributed by atoms with Crippen molar-refractivity contribution in [2.24, 2.45) is 5.92 Å². The summed E-state index contributed by atoms with van der Waals surface area (Å²) in [5.74, 6) is -3.37. The predicted molar refractivity (Wildman–Crippen MR) is 84.0 cm³/mol. The molecule has 1 aromatic carbocycles. The Balaban J connectivity index is 3.01. The Kier molecular flexibility index (Phi) is 7.69. The molecule has 4 nitrogen and oxygen atoms in total. The van der Waals surface area contributed by atoms with Crippen LogP contribution in [0.2, 0.25) is 0 Å². The van der Waals surface area contributed by atoms with Crippen molar-refractivity contribution < 1.29 is 27.8 Å². The van der Waals surface area contributed by atoms with Crippen LogP contribution in [0.25, 0.3) is 0 Å². The number of methoxy groups -OCH3 is 1. The fourth-order valence-corrected chi connectivity index (χ4v) is 2.39. The van der Waals surface area contributed by atoms with Crippen molar-refractivity contribution in [3.8, 4) is 0 Å². The summed E-state index contributed by atoms with van der Waals surface area (Å²) in [6, 6.07) is 8.08. The Morgan fingerprint density at radius 3 is 2.42 bits per heavy atom. The van der Waals surface area contributed by atoms with Gasteiger partial charge in [0, 0.05) is 19.1 Å². The number of hydrogen-bond acceptors (Lipinski definition) is 3. The van der Waals surface area contributed by atoms with Crippen molar-refractivity contribution in [3.63, 3.8) is 0 Å². The molecule has 1 amide bonds. The number of aliphatic hydroxyl groups is 1. The van der Waals surface area contributed by atoms with Crippen molar-refractivity contribution in [1.29, 1.82) is 0 Å². The Morgan fingerprint density at radius 2 is 1.92 bits per heavy atom. The summed E-state index contributed by atoms with van der Waals surface area (Å²) in [7, 11) is 1.41. The zero-order valence-corrected chi connectivity index (χ0v) is 13.9. The normalized spacial score (nSPS) is 15.6. The minimum absolute atomic E-state index is 0.0579. The van der Waals surface area contributed by atoms with E-state index in [4.69, 9.17) is 4.74 Å². The fourth-order valence-electron chi connectivity index (χ4n) is 2.39. The van der Waals surface area contributed by atoms with Crippen LogP contribution in [0.15, 0.2) is 30.3 Å². The lowest BCUT2D eigenvalue weighted by atomic mass is 9.96. The van der Waals surface area contributed by atoms with Crippen molar-refractivity contribution in [3.05, 3.63) is 35.9 Å². The second-order valence-corrected chi connectivity index (χ2v) is 5.69. The second-order valence-electron chi connectivity index (χ2n) is 5.69. The van der Waals surface area contributed by atoms with Crippen molar-refractivity contribution in [1.82, 2.24) is 5.32 Å². The molecule has 0 radical (unpaired) electrons. The number of carbonyl (C=O) groups excluding carboxylic acids is 1. The lowest BCUT2D eigenvalue weighted by Gasteiger charge is -2.32. The molecular formula is C17H24F3NO3. The van der Waals surface area contributed by atoms with Gasteiger partial charge in [0.2, 0.25) is 5.91 Å². The molecule has 0 aliphatic heterocycles. The highest BCUT2D eigenvalue weighted by atomic mass is 19.4. The van der Waals surface area contributed by atoms with E-state index in [0.29, 0.717) is 12.0 Å². The lowest BCUT2D eigenvalue weighted by Crippen LogP contribution is -2.51. The fraction of sp³-hybridized carbons (Fsp3) is 0.588. The number of nitrogens with one attached hydrogen (secondary N) is 1.